The molecule has 2 rings (SSSR count). The van der Waals surface area contributed by atoms with E-state index in [9.17, 15) is 0 Å². The number of nitrogens with zero attached hydrogens (tertiary/aromatic N) is 2. The zero-order chi connectivity index (χ0) is 10.2. The number of hydrogen-bond donors (Lipinski definition) is 1. The summed E-state index contributed by atoms with van der Waals surface area (Å²) in [6, 6.07) is 2.23. The molecule has 78 valence electrons. The predicted molar refractivity (Wildman–Crippen MR) is 57.3 cm³/mol. The second-order valence-corrected chi connectivity index (χ2v) is 5.02. The Morgan fingerprint density at radius 1 is 1.43 bits per heavy atom. The topological polar surface area (TPSA) is 29.9 Å². The quantitative estimate of drug-likeness (QED) is 0.679. The molecule has 0 saturated carbocycles. The van der Waals surface area contributed by atoms with E-state index in [0.29, 0.717) is 0 Å². The normalized spacial score (nSPS) is 17.6. The van der Waals surface area contributed by atoms with Crippen molar-refractivity contribution in [1.82, 2.24) is 15.1 Å². The fourth-order valence-corrected chi connectivity index (χ4v) is 1.73. The zero-order valence-corrected chi connectivity index (χ0v) is 9.30. The average molecular weight is 193 g/mol. The molecule has 0 amide bonds. The van der Waals surface area contributed by atoms with Crippen LogP contribution in [0.2, 0.25) is 0 Å². The van der Waals surface area contributed by atoms with Gasteiger partial charge in [0.05, 0.1) is 11.4 Å². The van der Waals surface area contributed by atoms with Gasteiger partial charge in [-0.3, -0.25) is 4.68 Å². The van der Waals surface area contributed by atoms with Crippen molar-refractivity contribution in [2.24, 2.45) is 0 Å². The minimum Gasteiger partial charge on any atom is -0.311 e. The van der Waals surface area contributed by atoms with Crippen LogP contribution in [-0.2, 0) is 18.5 Å². The van der Waals surface area contributed by atoms with Gasteiger partial charge in [0.1, 0.15) is 0 Å². The summed E-state index contributed by atoms with van der Waals surface area (Å²) in [5.74, 6) is 0. The molecule has 0 spiro atoms. The first-order valence-electron chi connectivity index (χ1n) is 5.35. The third-order valence-electron chi connectivity index (χ3n) is 2.66. The molecular weight excluding hydrogens is 174 g/mol. The Morgan fingerprint density at radius 3 is 2.93 bits per heavy atom. The molecule has 1 aliphatic rings. The molecule has 0 atom stereocenters. The molecule has 0 aliphatic carbocycles. The molecule has 0 saturated heterocycles. The summed E-state index contributed by atoms with van der Waals surface area (Å²) in [5.41, 5.74) is 2.70. The molecule has 1 aliphatic heterocycles. The summed E-state index contributed by atoms with van der Waals surface area (Å²) in [4.78, 5) is 0. The second kappa shape index (κ2) is 3.39. The first-order valence-corrected chi connectivity index (χ1v) is 5.35. The number of fused-ring (bicyclic) bond motifs is 1. The van der Waals surface area contributed by atoms with Crippen molar-refractivity contribution in [3.63, 3.8) is 0 Å². The van der Waals surface area contributed by atoms with Crippen molar-refractivity contribution >= 4 is 0 Å². The molecule has 0 bridgehead atoms. The van der Waals surface area contributed by atoms with E-state index in [4.69, 9.17) is 0 Å². The maximum atomic E-state index is 4.66. The monoisotopic (exact) mass is 193 g/mol. The Labute approximate surface area is 85.5 Å². The van der Waals surface area contributed by atoms with E-state index in [1.165, 1.54) is 17.8 Å². The van der Waals surface area contributed by atoms with Gasteiger partial charge in [0.2, 0.25) is 0 Å². The van der Waals surface area contributed by atoms with Gasteiger partial charge in [0.15, 0.2) is 0 Å². The maximum Gasteiger partial charge on any atom is 0.0681 e. The Hall–Kier alpha value is -0.830. The van der Waals surface area contributed by atoms with Gasteiger partial charge in [-0.15, -0.1) is 0 Å². The summed E-state index contributed by atoms with van der Waals surface area (Å²) in [6.45, 7) is 9.75. The molecule has 0 radical (unpaired) electrons. The van der Waals surface area contributed by atoms with Gasteiger partial charge in [-0.05, 0) is 19.0 Å². The highest BCUT2D eigenvalue weighted by molar-refractivity contribution is 5.17. The molecule has 0 unspecified atom stereocenters. The van der Waals surface area contributed by atoms with Gasteiger partial charge in [-0.25, -0.2) is 0 Å². The van der Waals surface area contributed by atoms with Crippen LogP contribution in [0.4, 0.5) is 0 Å². The van der Waals surface area contributed by atoms with E-state index in [2.05, 4.69) is 41.9 Å². The fraction of sp³-hybridized carbons (Fsp3) is 0.727. The van der Waals surface area contributed by atoms with Gasteiger partial charge in [0, 0.05) is 18.5 Å². The molecule has 2 heterocycles. The summed E-state index contributed by atoms with van der Waals surface area (Å²) in [6.07, 6.45) is 1.18. The Balaban J connectivity index is 2.31. The number of nitrogens with one attached hydrogen (secondary N) is 1. The first-order chi connectivity index (χ1) is 6.57. The molecule has 1 aromatic rings. The first kappa shape index (κ1) is 9.71. The van der Waals surface area contributed by atoms with E-state index < -0.39 is 0 Å². The molecule has 3 nitrogen and oxygen atoms in total. The zero-order valence-electron chi connectivity index (χ0n) is 9.30. The van der Waals surface area contributed by atoms with Crippen molar-refractivity contribution in [2.45, 2.75) is 45.7 Å². The van der Waals surface area contributed by atoms with Gasteiger partial charge in [-0.1, -0.05) is 20.8 Å². The van der Waals surface area contributed by atoms with Crippen LogP contribution in [0.25, 0.3) is 0 Å². The van der Waals surface area contributed by atoms with Crippen molar-refractivity contribution < 1.29 is 0 Å². The van der Waals surface area contributed by atoms with E-state index in [1.807, 2.05) is 0 Å². The Morgan fingerprint density at radius 2 is 2.21 bits per heavy atom. The standard InChI is InChI=1S/C11H19N3/c1-11(2,3)10-7-9-8-12-5-4-6-14(9)13-10/h7,12H,4-6,8H2,1-3H3. The van der Waals surface area contributed by atoms with Crippen LogP contribution < -0.4 is 5.32 Å². The third-order valence-corrected chi connectivity index (χ3v) is 2.66. The van der Waals surface area contributed by atoms with Crippen LogP contribution in [0.3, 0.4) is 0 Å². The maximum absolute atomic E-state index is 4.66. The summed E-state index contributed by atoms with van der Waals surface area (Å²) < 4.78 is 2.15. The highest BCUT2D eigenvalue weighted by atomic mass is 15.3. The highest BCUT2D eigenvalue weighted by Crippen LogP contribution is 2.22. The van der Waals surface area contributed by atoms with Crippen molar-refractivity contribution in [3.8, 4) is 0 Å². The molecule has 1 N–H and O–H groups in total. The van der Waals surface area contributed by atoms with Crippen LogP contribution in [0.5, 0.6) is 0 Å². The largest absolute Gasteiger partial charge is 0.311 e. The number of aromatic nitrogens is 2. The summed E-state index contributed by atoms with van der Waals surface area (Å²) in [5, 5.41) is 8.07. The Kier molecular flexibility index (Phi) is 2.35. The molecular formula is C11H19N3. The number of hydrogen-bond acceptors (Lipinski definition) is 2. The third kappa shape index (κ3) is 1.82. The smallest absolute Gasteiger partial charge is 0.0681 e. The van der Waals surface area contributed by atoms with Gasteiger partial charge >= 0.3 is 0 Å². The lowest BCUT2D eigenvalue weighted by Gasteiger charge is -2.14. The lowest BCUT2D eigenvalue weighted by atomic mass is 9.92. The van der Waals surface area contributed by atoms with Gasteiger partial charge < -0.3 is 5.32 Å². The van der Waals surface area contributed by atoms with Crippen LogP contribution in [0, 0.1) is 0 Å². The number of aryl methyl sites for hydroxylation is 1. The van der Waals surface area contributed by atoms with Crippen LogP contribution in [0.15, 0.2) is 6.07 Å². The van der Waals surface area contributed by atoms with Crippen molar-refractivity contribution in [1.29, 1.82) is 0 Å². The minimum absolute atomic E-state index is 0.166. The predicted octanol–water partition coefficient (Wildman–Crippen LogP) is 1.67. The van der Waals surface area contributed by atoms with Crippen molar-refractivity contribution in [3.05, 3.63) is 17.5 Å². The molecule has 0 fully saturated rings. The lowest BCUT2D eigenvalue weighted by molar-refractivity contribution is 0.524. The van der Waals surface area contributed by atoms with E-state index >= 15 is 0 Å². The Bertz CT molecular complexity index is 296. The average Bonchev–Trinajstić information content (AvgIpc) is 2.38. The summed E-state index contributed by atoms with van der Waals surface area (Å²) >= 11 is 0. The van der Waals surface area contributed by atoms with Gasteiger partial charge in [0.25, 0.3) is 0 Å². The lowest BCUT2D eigenvalue weighted by Crippen LogP contribution is -2.14. The SMILES string of the molecule is CC(C)(C)c1cc2n(n1)CCCNC2. The minimum atomic E-state index is 0.166. The van der Waals surface area contributed by atoms with Crippen LogP contribution in [0.1, 0.15) is 38.6 Å². The second-order valence-electron chi connectivity index (χ2n) is 5.02. The van der Waals surface area contributed by atoms with E-state index in [1.54, 1.807) is 0 Å². The summed E-state index contributed by atoms with van der Waals surface area (Å²) in [7, 11) is 0. The highest BCUT2D eigenvalue weighted by Gasteiger charge is 2.20. The number of rotatable bonds is 0. The molecule has 14 heavy (non-hydrogen) atoms. The van der Waals surface area contributed by atoms with Crippen LogP contribution in [-0.4, -0.2) is 16.3 Å². The molecule has 0 aromatic carbocycles. The molecule has 3 heteroatoms. The van der Waals surface area contributed by atoms with Crippen molar-refractivity contribution in [2.75, 3.05) is 6.54 Å². The van der Waals surface area contributed by atoms with E-state index in [-0.39, 0.29) is 5.41 Å². The van der Waals surface area contributed by atoms with Gasteiger partial charge in [-0.2, -0.15) is 5.10 Å². The van der Waals surface area contributed by atoms with Crippen LogP contribution >= 0.6 is 0 Å². The molecule has 1 aromatic heterocycles. The van der Waals surface area contributed by atoms with E-state index in [0.717, 1.165) is 19.6 Å². The fourth-order valence-electron chi connectivity index (χ4n) is 1.73.